The first-order valence-corrected chi connectivity index (χ1v) is 9.01. The molecular weight excluding hydrogens is 332 g/mol. The predicted molar refractivity (Wildman–Crippen MR) is 101 cm³/mol. The van der Waals surface area contributed by atoms with Gasteiger partial charge in [-0.15, -0.1) is 0 Å². The number of rotatable bonds is 9. The van der Waals surface area contributed by atoms with Crippen LogP contribution in [0.2, 0.25) is 0 Å². The molecule has 2 amide bonds. The summed E-state index contributed by atoms with van der Waals surface area (Å²) in [5.74, 6) is -1.50. The van der Waals surface area contributed by atoms with Crippen LogP contribution in [-0.4, -0.2) is 29.4 Å². The van der Waals surface area contributed by atoms with Gasteiger partial charge in [-0.1, -0.05) is 52.0 Å². The maximum atomic E-state index is 12.1. The maximum absolute atomic E-state index is 12.1. The molecule has 0 heterocycles. The van der Waals surface area contributed by atoms with Crippen LogP contribution in [0.3, 0.4) is 0 Å². The van der Waals surface area contributed by atoms with Crippen LogP contribution in [0.5, 0.6) is 0 Å². The first-order valence-electron chi connectivity index (χ1n) is 9.01. The topological polar surface area (TPSA) is 95.5 Å². The van der Waals surface area contributed by atoms with Gasteiger partial charge >= 0.3 is 5.97 Å². The van der Waals surface area contributed by atoms with Crippen molar-refractivity contribution in [3.05, 3.63) is 35.4 Å². The number of benzene rings is 1. The average Bonchev–Trinajstić information content (AvgIpc) is 2.56. The molecule has 6 nitrogen and oxygen atoms in total. The number of carbonyl (C=O) groups is 3. The van der Waals surface area contributed by atoms with Gasteiger partial charge in [-0.3, -0.25) is 14.4 Å². The minimum Gasteiger partial charge on any atom is -0.481 e. The van der Waals surface area contributed by atoms with E-state index in [9.17, 15) is 14.4 Å². The van der Waals surface area contributed by atoms with Crippen LogP contribution < -0.4 is 10.6 Å². The van der Waals surface area contributed by atoms with Gasteiger partial charge in [0, 0.05) is 19.4 Å². The molecular formula is C20H30N2O4. The minimum atomic E-state index is -0.990. The third-order valence-corrected chi connectivity index (χ3v) is 4.04. The molecule has 0 saturated heterocycles. The summed E-state index contributed by atoms with van der Waals surface area (Å²) in [7, 11) is 0. The second-order valence-corrected chi connectivity index (χ2v) is 7.44. The number of carboxylic acid groups (broad SMARTS) is 1. The molecule has 1 rings (SSSR count). The van der Waals surface area contributed by atoms with Crippen molar-refractivity contribution in [3.8, 4) is 0 Å². The summed E-state index contributed by atoms with van der Waals surface area (Å²) in [5.41, 5.74) is 1.87. The van der Waals surface area contributed by atoms with Crippen molar-refractivity contribution in [2.45, 2.75) is 64.8 Å². The van der Waals surface area contributed by atoms with E-state index in [-0.39, 0.29) is 36.5 Å². The molecule has 0 aliphatic heterocycles. The van der Waals surface area contributed by atoms with E-state index in [0.29, 0.717) is 6.54 Å². The van der Waals surface area contributed by atoms with Gasteiger partial charge in [0.05, 0.1) is 12.5 Å². The molecule has 1 unspecified atom stereocenters. The zero-order valence-corrected chi connectivity index (χ0v) is 16.1. The Labute approximate surface area is 155 Å². The van der Waals surface area contributed by atoms with E-state index >= 15 is 0 Å². The average molecular weight is 362 g/mol. The second kappa shape index (κ2) is 9.94. The summed E-state index contributed by atoms with van der Waals surface area (Å²) in [6.45, 7) is 8.84. The molecule has 1 aromatic rings. The first-order chi connectivity index (χ1) is 12.1. The fraction of sp³-hybridized carbons (Fsp3) is 0.550. The van der Waals surface area contributed by atoms with Gasteiger partial charge in [-0.05, 0) is 23.0 Å². The fourth-order valence-corrected chi connectivity index (χ4v) is 2.49. The predicted octanol–water partition coefficient (Wildman–Crippen LogP) is 2.92. The lowest BCUT2D eigenvalue weighted by Gasteiger charge is -2.22. The summed E-state index contributed by atoms with van der Waals surface area (Å²) in [4.78, 5) is 34.9. The largest absolute Gasteiger partial charge is 0.481 e. The Morgan fingerprint density at radius 1 is 1.04 bits per heavy atom. The molecule has 0 spiro atoms. The normalized spacial score (nSPS) is 12.3. The summed E-state index contributed by atoms with van der Waals surface area (Å²) >= 11 is 0. The van der Waals surface area contributed by atoms with Gasteiger partial charge in [0.1, 0.15) is 0 Å². The Hall–Kier alpha value is -2.37. The van der Waals surface area contributed by atoms with E-state index in [0.717, 1.165) is 17.5 Å². The molecule has 144 valence electrons. The second-order valence-electron chi connectivity index (χ2n) is 7.44. The van der Waals surface area contributed by atoms with E-state index in [1.54, 1.807) is 0 Å². The number of hydrogen-bond donors (Lipinski definition) is 3. The number of amides is 2. The summed E-state index contributed by atoms with van der Waals surface area (Å²) in [5, 5.41) is 14.6. The van der Waals surface area contributed by atoms with Crippen LogP contribution in [0.15, 0.2) is 24.3 Å². The summed E-state index contributed by atoms with van der Waals surface area (Å²) in [6, 6.07) is 6.99. The molecule has 0 bridgehead atoms. The highest BCUT2D eigenvalue weighted by Crippen LogP contribution is 2.25. The van der Waals surface area contributed by atoms with Crippen LogP contribution in [0, 0.1) is 0 Å². The number of hydrogen-bond acceptors (Lipinski definition) is 3. The summed E-state index contributed by atoms with van der Waals surface area (Å²) < 4.78 is 0. The van der Waals surface area contributed by atoms with Crippen molar-refractivity contribution >= 4 is 17.8 Å². The molecule has 0 aromatic heterocycles. The van der Waals surface area contributed by atoms with E-state index in [1.165, 1.54) is 0 Å². The van der Waals surface area contributed by atoms with Crippen LogP contribution in [-0.2, 0) is 19.8 Å². The quantitative estimate of drug-likeness (QED) is 0.629. The molecule has 1 atom stereocenters. The number of nitrogens with one attached hydrogen (secondary N) is 2. The third kappa shape index (κ3) is 7.68. The highest BCUT2D eigenvalue weighted by Gasteiger charge is 2.20. The standard InChI is InChI=1S/C20H30N2O4/c1-5-12-21-17(23)10-11-18(24)22-16(13-19(25)26)14-6-8-15(9-7-14)20(2,3)4/h6-9,16H,5,10-13H2,1-4H3,(H,21,23)(H,22,24)(H,25,26). The SMILES string of the molecule is CCCNC(=O)CCC(=O)NC(CC(=O)O)c1ccc(C(C)(C)C)cc1. The minimum absolute atomic E-state index is 0.00404. The first kappa shape index (κ1) is 21.7. The lowest BCUT2D eigenvalue weighted by Crippen LogP contribution is -2.32. The highest BCUT2D eigenvalue weighted by atomic mass is 16.4. The molecule has 0 aliphatic carbocycles. The van der Waals surface area contributed by atoms with Crippen molar-refractivity contribution in [2.24, 2.45) is 0 Å². The number of aliphatic carboxylic acids is 1. The van der Waals surface area contributed by atoms with Gasteiger partial charge in [-0.2, -0.15) is 0 Å². The molecule has 0 saturated carbocycles. The Balaban J connectivity index is 2.73. The fourth-order valence-electron chi connectivity index (χ4n) is 2.49. The van der Waals surface area contributed by atoms with Gasteiger partial charge in [0.15, 0.2) is 0 Å². The molecule has 0 fully saturated rings. The highest BCUT2D eigenvalue weighted by molar-refractivity contribution is 5.84. The van der Waals surface area contributed by atoms with Crippen molar-refractivity contribution < 1.29 is 19.5 Å². The van der Waals surface area contributed by atoms with Crippen molar-refractivity contribution in [2.75, 3.05) is 6.54 Å². The van der Waals surface area contributed by atoms with E-state index in [1.807, 2.05) is 31.2 Å². The van der Waals surface area contributed by atoms with Crippen molar-refractivity contribution in [1.82, 2.24) is 10.6 Å². The van der Waals surface area contributed by atoms with Crippen LogP contribution in [0.25, 0.3) is 0 Å². The number of carbonyl (C=O) groups excluding carboxylic acids is 2. The molecule has 26 heavy (non-hydrogen) atoms. The van der Waals surface area contributed by atoms with Gasteiger partial charge < -0.3 is 15.7 Å². The Morgan fingerprint density at radius 2 is 1.62 bits per heavy atom. The zero-order valence-electron chi connectivity index (χ0n) is 16.1. The lowest BCUT2D eigenvalue weighted by molar-refractivity contribution is -0.138. The Morgan fingerprint density at radius 3 is 2.12 bits per heavy atom. The monoisotopic (exact) mass is 362 g/mol. The lowest BCUT2D eigenvalue weighted by atomic mass is 9.86. The van der Waals surface area contributed by atoms with Gasteiger partial charge in [0.2, 0.25) is 11.8 Å². The molecule has 6 heteroatoms. The van der Waals surface area contributed by atoms with E-state index in [4.69, 9.17) is 5.11 Å². The van der Waals surface area contributed by atoms with Crippen LogP contribution >= 0.6 is 0 Å². The third-order valence-electron chi connectivity index (χ3n) is 4.04. The van der Waals surface area contributed by atoms with Crippen molar-refractivity contribution in [1.29, 1.82) is 0 Å². The van der Waals surface area contributed by atoms with Crippen LogP contribution in [0.4, 0.5) is 0 Å². The number of carboxylic acids is 1. The van der Waals surface area contributed by atoms with Crippen molar-refractivity contribution in [3.63, 3.8) is 0 Å². The molecule has 0 radical (unpaired) electrons. The van der Waals surface area contributed by atoms with Gasteiger partial charge in [-0.25, -0.2) is 0 Å². The van der Waals surface area contributed by atoms with E-state index in [2.05, 4.69) is 31.4 Å². The molecule has 0 aliphatic rings. The molecule has 1 aromatic carbocycles. The van der Waals surface area contributed by atoms with E-state index < -0.39 is 12.0 Å². The zero-order chi connectivity index (χ0) is 19.7. The van der Waals surface area contributed by atoms with Crippen LogP contribution in [0.1, 0.15) is 70.5 Å². The van der Waals surface area contributed by atoms with Gasteiger partial charge in [0.25, 0.3) is 0 Å². The molecule has 3 N–H and O–H groups in total. The Bertz CT molecular complexity index is 618. The Kier molecular flexibility index (Phi) is 8.29. The smallest absolute Gasteiger partial charge is 0.305 e. The summed E-state index contributed by atoms with van der Waals surface area (Å²) in [6.07, 6.45) is 0.756. The maximum Gasteiger partial charge on any atom is 0.305 e.